The average Bonchev–Trinajstić information content (AvgIpc) is 2.72. The van der Waals surface area contributed by atoms with Crippen molar-refractivity contribution < 1.29 is 9.53 Å². The molecule has 3 aromatic carbocycles. The van der Waals surface area contributed by atoms with E-state index >= 15 is 0 Å². The van der Waals surface area contributed by atoms with Crippen LogP contribution in [0.4, 0.5) is 0 Å². The third-order valence-corrected chi connectivity index (χ3v) is 4.49. The largest absolute Gasteiger partial charge is 0.481 e. The summed E-state index contributed by atoms with van der Waals surface area (Å²) in [6.45, 7) is 2.37. The molecule has 0 saturated carbocycles. The Morgan fingerprint density at radius 3 is 2.46 bits per heavy atom. The monoisotopic (exact) mass is 393 g/mol. The number of benzene rings is 3. The number of hydrazine groups is 1. The summed E-state index contributed by atoms with van der Waals surface area (Å²) in [6, 6.07) is 23.9. The Hall–Kier alpha value is -3.12. The second-order valence-corrected chi connectivity index (χ2v) is 6.78. The van der Waals surface area contributed by atoms with Crippen molar-refractivity contribution >= 4 is 34.0 Å². The van der Waals surface area contributed by atoms with E-state index in [2.05, 4.69) is 28.3 Å². The zero-order valence-corrected chi connectivity index (χ0v) is 16.5. The zero-order valence-electron chi connectivity index (χ0n) is 15.6. The van der Waals surface area contributed by atoms with Crippen LogP contribution in [0.5, 0.6) is 5.75 Å². The standard InChI is InChI=1S/C22H23N3O2S/c1-16(27-20-12-11-18-9-5-6-10-19(18)15-20)21(26)24-25-22(28)23-14-13-17-7-3-2-4-8-17/h2-12,15-16H,13-14H2,1H3,(H,24,26)(H2,23,25,28)/t16-/m0/s1. The molecule has 0 bridgehead atoms. The van der Waals surface area contributed by atoms with Gasteiger partial charge in [0.25, 0.3) is 5.91 Å². The lowest BCUT2D eigenvalue weighted by Gasteiger charge is -2.17. The van der Waals surface area contributed by atoms with Crippen LogP contribution in [0.25, 0.3) is 10.8 Å². The summed E-state index contributed by atoms with van der Waals surface area (Å²) in [4.78, 5) is 12.2. The lowest BCUT2D eigenvalue weighted by molar-refractivity contribution is -0.127. The maximum atomic E-state index is 12.2. The Bertz CT molecular complexity index is 947. The first-order valence-electron chi connectivity index (χ1n) is 9.15. The van der Waals surface area contributed by atoms with Crippen molar-refractivity contribution in [2.75, 3.05) is 6.54 Å². The normalized spacial score (nSPS) is 11.5. The van der Waals surface area contributed by atoms with Crippen molar-refractivity contribution in [3.63, 3.8) is 0 Å². The molecule has 0 fully saturated rings. The van der Waals surface area contributed by atoms with Gasteiger partial charge in [-0.3, -0.25) is 15.6 Å². The number of ether oxygens (including phenoxy) is 1. The summed E-state index contributed by atoms with van der Waals surface area (Å²) in [7, 11) is 0. The van der Waals surface area contributed by atoms with Gasteiger partial charge < -0.3 is 10.1 Å². The third kappa shape index (κ3) is 5.69. The highest BCUT2D eigenvalue weighted by Crippen LogP contribution is 2.21. The SMILES string of the molecule is C[C@H](Oc1ccc2ccccc2c1)C(=O)NNC(=S)NCCc1ccccc1. The minimum atomic E-state index is -0.666. The van der Waals surface area contributed by atoms with Crippen molar-refractivity contribution in [1.29, 1.82) is 0 Å². The van der Waals surface area contributed by atoms with E-state index in [-0.39, 0.29) is 5.91 Å². The summed E-state index contributed by atoms with van der Waals surface area (Å²) >= 11 is 5.18. The predicted molar refractivity (Wildman–Crippen MR) is 116 cm³/mol. The number of carbonyl (C=O) groups is 1. The Morgan fingerprint density at radius 1 is 0.964 bits per heavy atom. The molecule has 3 aromatic rings. The van der Waals surface area contributed by atoms with E-state index in [0.717, 1.165) is 17.2 Å². The summed E-state index contributed by atoms with van der Waals surface area (Å²) in [5.41, 5.74) is 6.50. The minimum Gasteiger partial charge on any atom is -0.481 e. The molecule has 144 valence electrons. The fourth-order valence-corrected chi connectivity index (χ4v) is 2.88. The minimum absolute atomic E-state index is 0.305. The molecule has 28 heavy (non-hydrogen) atoms. The number of rotatable bonds is 6. The van der Waals surface area contributed by atoms with E-state index < -0.39 is 6.10 Å². The number of thiocarbonyl (C=S) groups is 1. The highest BCUT2D eigenvalue weighted by atomic mass is 32.1. The van der Waals surface area contributed by atoms with Crippen LogP contribution in [-0.4, -0.2) is 23.7 Å². The molecule has 0 unspecified atom stereocenters. The van der Waals surface area contributed by atoms with E-state index in [9.17, 15) is 4.79 Å². The van der Waals surface area contributed by atoms with E-state index in [1.54, 1.807) is 6.92 Å². The first-order chi connectivity index (χ1) is 13.6. The molecule has 0 spiro atoms. The molecule has 1 amide bonds. The fraction of sp³-hybridized carbons (Fsp3) is 0.182. The molecule has 0 saturated heterocycles. The molecule has 5 nitrogen and oxygen atoms in total. The van der Waals surface area contributed by atoms with Crippen LogP contribution >= 0.6 is 12.2 Å². The van der Waals surface area contributed by atoms with Crippen LogP contribution < -0.4 is 20.9 Å². The molecule has 0 aliphatic rings. The van der Waals surface area contributed by atoms with Gasteiger partial charge in [0.05, 0.1) is 0 Å². The third-order valence-electron chi connectivity index (χ3n) is 4.24. The fourth-order valence-electron chi connectivity index (χ4n) is 2.73. The van der Waals surface area contributed by atoms with Gasteiger partial charge in [0, 0.05) is 6.54 Å². The maximum absolute atomic E-state index is 12.2. The van der Waals surface area contributed by atoms with Gasteiger partial charge in [0.15, 0.2) is 11.2 Å². The molecule has 3 rings (SSSR count). The Kier molecular flexibility index (Phi) is 6.81. The zero-order chi connectivity index (χ0) is 19.8. The highest BCUT2D eigenvalue weighted by Gasteiger charge is 2.15. The average molecular weight is 394 g/mol. The molecule has 0 aromatic heterocycles. The molecule has 1 atom stereocenters. The number of amides is 1. The van der Waals surface area contributed by atoms with Crippen molar-refractivity contribution in [3.05, 3.63) is 78.4 Å². The topological polar surface area (TPSA) is 62.4 Å². The summed E-state index contributed by atoms with van der Waals surface area (Å²) in [5.74, 6) is 0.338. The molecule has 0 heterocycles. The summed E-state index contributed by atoms with van der Waals surface area (Å²) < 4.78 is 5.74. The molecule has 0 aliphatic heterocycles. The summed E-state index contributed by atoms with van der Waals surface area (Å²) in [6.07, 6.45) is 0.179. The van der Waals surface area contributed by atoms with Crippen molar-refractivity contribution in [3.8, 4) is 5.75 Å². The Labute approximate surface area is 170 Å². The number of carbonyl (C=O) groups excluding carboxylic acids is 1. The predicted octanol–water partition coefficient (Wildman–Crippen LogP) is 3.35. The number of hydrogen-bond donors (Lipinski definition) is 3. The van der Waals surface area contributed by atoms with E-state index in [4.69, 9.17) is 17.0 Å². The van der Waals surface area contributed by atoms with Gasteiger partial charge in [-0.15, -0.1) is 0 Å². The molecule has 0 radical (unpaired) electrons. The molecule has 0 aliphatic carbocycles. The second-order valence-electron chi connectivity index (χ2n) is 6.37. The van der Waals surface area contributed by atoms with Crippen LogP contribution in [-0.2, 0) is 11.2 Å². The van der Waals surface area contributed by atoms with Gasteiger partial charge in [0.2, 0.25) is 0 Å². The number of nitrogens with one attached hydrogen (secondary N) is 3. The van der Waals surface area contributed by atoms with Crippen molar-refractivity contribution in [2.45, 2.75) is 19.4 Å². The number of hydrogen-bond acceptors (Lipinski definition) is 3. The van der Waals surface area contributed by atoms with Crippen LogP contribution in [0.3, 0.4) is 0 Å². The van der Waals surface area contributed by atoms with Gasteiger partial charge in [0.1, 0.15) is 5.75 Å². The van der Waals surface area contributed by atoms with Gasteiger partial charge >= 0.3 is 0 Å². The molecule has 3 N–H and O–H groups in total. The Morgan fingerprint density at radius 2 is 1.68 bits per heavy atom. The van der Waals surface area contributed by atoms with Crippen molar-refractivity contribution in [1.82, 2.24) is 16.2 Å². The lowest BCUT2D eigenvalue weighted by atomic mass is 10.1. The van der Waals surface area contributed by atoms with Crippen LogP contribution in [0.1, 0.15) is 12.5 Å². The van der Waals surface area contributed by atoms with Gasteiger partial charge in [-0.05, 0) is 54.0 Å². The molecular weight excluding hydrogens is 370 g/mol. The van der Waals surface area contributed by atoms with Crippen LogP contribution in [0, 0.1) is 0 Å². The number of fused-ring (bicyclic) bond motifs is 1. The molecule has 6 heteroatoms. The van der Waals surface area contributed by atoms with Gasteiger partial charge in [-0.25, -0.2) is 0 Å². The highest BCUT2D eigenvalue weighted by molar-refractivity contribution is 7.80. The van der Waals surface area contributed by atoms with Crippen LogP contribution in [0.15, 0.2) is 72.8 Å². The molecular formula is C22H23N3O2S. The van der Waals surface area contributed by atoms with Crippen molar-refractivity contribution in [2.24, 2.45) is 0 Å². The Balaban J connectivity index is 1.41. The van der Waals surface area contributed by atoms with E-state index in [1.807, 2.05) is 60.7 Å². The second kappa shape index (κ2) is 9.71. The first kappa shape index (κ1) is 19.6. The van der Waals surface area contributed by atoms with E-state index in [1.165, 1.54) is 5.56 Å². The van der Waals surface area contributed by atoms with Crippen LogP contribution in [0.2, 0.25) is 0 Å². The lowest BCUT2D eigenvalue weighted by Crippen LogP contribution is -2.50. The summed E-state index contributed by atoms with van der Waals surface area (Å²) in [5, 5.41) is 5.61. The first-order valence-corrected chi connectivity index (χ1v) is 9.56. The van der Waals surface area contributed by atoms with Gasteiger partial charge in [-0.1, -0.05) is 60.7 Å². The van der Waals surface area contributed by atoms with E-state index in [0.29, 0.717) is 17.4 Å². The quantitative estimate of drug-likeness (QED) is 0.443. The maximum Gasteiger partial charge on any atom is 0.279 e. The van der Waals surface area contributed by atoms with Gasteiger partial charge in [-0.2, -0.15) is 0 Å². The smallest absolute Gasteiger partial charge is 0.279 e.